The molecule has 1 aromatic rings. The number of halogens is 1. The Morgan fingerprint density at radius 2 is 1.97 bits per heavy atom. The molecule has 8 heteroatoms. The molecule has 1 saturated heterocycles. The number of pyridine rings is 1. The van der Waals surface area contributed by atoms with E-state index >= 15 is 0 Å². The SMILES string of the molecule is CC(C)(C)OC(=O)N1[C@H]2C[C@@]3(COCC=CCOCc4ccc(Br)nc4CC2=O)C[C@@H]13. The van der Waals surface area contributed by atoms with E-state index in [4.69, 9.17) is 14.2 Å². The molecule has 2 aliphatic heterocycles. The Morgan fingerprint density at radius 1 is 1.23 bits per heavy atom. The summed E-state index contributed by atoms with van der Waals surface area (Å²) in [5, 5.41) is 0. The number of amides is 1. The highest BCUT2D eigenvalue weighted by Crippen LogP contribution is 2.60. The highest BCUT2D eigenvalue weighted by molar-refractivity contribution is 9.10. The fraction of sp³-hybridized carbons (Fsp3) is 0.609. The molecule has 1 spiro atoms. The van der Waals surface area contributed by atoms with Crippen molar-refractivity contribution in [2.45, 2.75) is 64.3 Å². The lowest BCUT2D eigenvalue weighted by atomic mass is 9.95. The minimum Gasteiger partial charge on any atom is -0.444 e. The molecule has 0 N–H and O–H groups in total. The van der Waals surface area contributed by atoms with Crippen LogP contribution >= 0.6 is 15.9 Å². The average Bonchev–Trinajstić information content (AvgIpc) is 3.26. The number of carbonyl (C=O) groups is 2. The number of hydrogen-bond donors (Lipinski definition) is 0. The van der Waals surface area contributed by atoms with E-state index in [1.165, 1.54) is 0 Å². The third kappa shape index (κ3) is 5.02. The Bertz CT molecular complexity index is 896. The predicted octanol–water partition coefficient (Wildman–Crippen LogP) is 3.83. The number of ketones is 1. The molecule has 1 aromatic heterocycles. The monoisotopic (exact) mass is 492 g/mol. The van der Waals surface area contributed by atoms with Crippen molar-refractivity contribution >= 4 is 27.8 Å². The molecule has 4 rings (SSSR count). The Kier molecular flexibility index (Phi) is 6.25. The van der Waals surface area contributed by atoms with Crippen LogP contribution in [0.3, 0.4) is 0 Å². The molecule has 0 unspecified atom stereocenters. The smallest absolute Gasteiger partial charge is 0.411 e. The Labute approximate surface area is 191 Å². The zero-order valence-electron chi connectivity index (χ0n) is 18.2. The van der Waals surface area contributed by atoms with Crippen LogP contribution in [0.4, 0.5) is 4.79 Å². The third-order valence-corrected chi connectivity index (χ3v) is 6.45. The number of ether oxygens (including phenoxy) is 3. The van der Waals surface area contributed by atoms with Gasteiger partial charge in [0.15, 0.2) is 5.78 Å². The molecule has 1 saturated carbocycles. The summed E-state index contributed by atoms with van der Waals surface area (Å²) in [5.74, 6) is -0.0303. The molecule has 3 heterocycles. The molecular formula is C23H29BrN2O5. The molecule has 0 radical (unpaired) electrons. The lowest BCUT2D eigenvalue weighted by molar-refractivity contribution is -0.123. The van der Waals surface area contributed by atoms with Gasteiger partial charge < -0.3 is 14.2 Å². The number of Topliss-reactive ketones (excluding diaryl/α,β-unsaturated/α-hetero) is 1. The normalized spacial score (nSPS) is 28.9. The van der Waals surface area contributed by atoms with Crippen molar-refractivity contribution < 1.29 is 23.8 Å². The van der Waals surface area contributed by atoms with Crippen LogP contribution in [-0.2, 0) is 32.0 Å². The van der Waals surface area contributed by atoms with E-state index in [0.29, 0.717) is 43.1 Å². The zero-order valence-corrected chi connectivity index (χ0v) is 19.8. The summed E-state index contributed by atoms with van der Waals surface area (Å²) in [6.45, 7) is 7.34. The quantitative estimate of drug-likeness (QED) is 0.404. The maximum absolute atomic E-state index is 13.4. The molecule has 1 amide bonds. The van der Waals surface area contributed by atoms with Crippen LogP contribution in [0.1, 0.15) is 44.9 Å². The molecular weight excluding hydrogens is 464 g/mol. The van der Waals surface area contributed by atoms with Crippen LogP contribution in [0, 0.1) is 5.41 Å². The largest absolute Gasteiger partial charge is 0.444 e. The van der Waals surface area contributed by atoms with Crippen LogP contribution in [0.25, 0.3) is 0 Å². The van der Waals surface area contributed by atoms with Gasteiger partial charge >= 0.3 is 6.09 Å². The summed E-state index contributed by atoms with van der Waals surface area (Å²) in [5.41, 5.74) is 0.750. The van der Waals surface area contributed by atoms with E-state index in [1.807, 2.05) is 45.1 Å². The van der Waals surface area contributed by atoms with Gasteiger partial charge in [-0.3, -0.25) is 9.69 Å². The van der Waals surface area contributed by atoms with E-state index < -0.39 is 17.7 Å². The molecule has 168 valence electrons. The number of aromatic nitrogens is 1. The number of piperidine rings is 1. The fourth-order valence-electron chi connectivity index (χ4n) is 4.47. The first-order valence-electron chi connectivity index (χ1n) is 10.7. The maximum Gasteiger partial charge on any atom is 0.411 e. The van der Waals surface area contributed by atoms with Gasteiger partial charge in [-0.15, -0.1) is 0 Å². The van der Waals surface area contributed by atoms with Gasteiger partial charge in [0.1, 0.15) is 10.2 Å². The van der Waals surface area contributed by atoms with Crippen molar-refractivity contribution in [3.05, 3.63) is 40.1 Å². The first-order valence-corrected chi connectivity index (χ1v) is 11.5. The summed E-state index contributed by atoms with van der Waals surface area (Å²) < 4.78 is 17.9. The highest BCUT2D eigenvalue weighted by atomic mass is 79.9. The number of fused-ring (bicyclic) bond motifs is 2. The van der Waals surface area contributed by atoms with Crippen molar-refractivity contribution in [3.8, 4) is 0 Å². The van der Waals surface area contributed by atoms with E-state index in [-0.39, 0.29) is 23.7 Å². The van der Waals surface area contributed by atoms with Gasteiger partial charge in [-0.2, -0.15) is 0 Å². The first-order chi connectivity index (χ1) is 14.7. The van der Waals surface area contributed by atoms with Gasteiger partial charge in [0.05, 0.1) is 44.6 Å². The molecule has 2 bridgehead atoms. The Balaban J connectivity index is 1.63. The van der Waals surface area contributed by atoms with Gasteiger partial charge in [0.25, 0.3) is 0 Å². The summed E-state index contributed by atoms with van der Waals surface area (Å²) in [4.78, 5) is 32.6. The van der Waals surface area contributed by atoms with Crippen LogP contribution in [-0.4, -0.2) is 59.3 Å². The standard InChI is InChI=1S/C23H29BrN2O5/c1-22(2,3)31-21(28)26-17-11-23(12-19(23)26)14-30-9-5-4-8-29-13-15-6-7-20(24)25-16(15)10-18(17)27/h4-7,17,19H,8-14H2,1-3H3/t17-,19+,23-/m0/s1. The van der Waals surface area contributed by atoms with Crippen molar-refractivity contribution in [2.24, 2.45) is 5.41 Å². The Hall–Kier alpha value is -1.77. The third-order valence-electron chi connectivity index (χ3n) is 6.01. The van der Waals surface area contributed by atoms with Crippen LogP contribution < -0.4 is 0 Å². The van der Waals surface area contributed by atoms with E-state index in [1.54, 1.807) is 4.90 Å². The maximum atomic E-state index is 13.4. The van der Waals surface area contributed by atoms with Crippen LogP contribution in [0.2, 0.25) is 0 Å². The molecule has 7 nitrogen and oxygen atoms in total. The lowest BCUT2D eigenvalue weighted by Crippen LogP contribution is -2.46. The van der Waals surface area contributed by atoms with Gasteiger partial charge in [0.2, 0.25) is 0 Å². The summed E-state index contributed by atoms with van der Waals surface area (Å²) >= 11 is 3.40. The molecule has 31 heavy (non-hydrogen) atoms. The fourth-order valence-corrected chi connectivity index (χ4v) is 4.81. The van der Waals surface area contributed by atoms with E-state index in [9.17, 15) is 9.59 Å². The van der Waals surface area contributed by atoms with Gasteiger partial charge in [0, 0.05) is 11.5 Å². The van der Waals surface area contributed by atoms with Gasteiger partial charge in [-0.05, 0) is 61.2 Å². The van der Waals surface area contributed by atoms with Crippen molar-refractivity contribution in [2.75, 3.05) is 19.8 Å². The second kappa shape index (κ2) is 8.64. The second-order valence-electron chi connectivity index (χ2n) is 9.57. The lowest BCUT2D eigenvalue weighted by Gasteiger charge is -2.30. The van der Waals surface area contributed by atoms with E-state index in [0.717, 1.165) is 12.0 Å². The summed E-state index contributed by atoms with van der Waals surface area (Å²) in [7, 11) is 0. The molecule has 3 aliphatic rings. The highest BCUT2D eigenvalue weighted by Gasteiger charge is 2.67. The summed E-state index contributed by atoms with van der Waals surface area (Å²) in [6.07, 6.45) is 5.02. The van der Waals surface area contributed by atoms with Crippen molar-refractivity contribution in [1.29, 1.82) is 0 Å². The van der Waals surface area contributed by atoms with Gasteiger partial charge in [-0.25, -0.2) is 9.78 Å². The first kappa shape index (κ1) is 22.4. The van der Waals surface area contributed by atoms with Crippen molar-refractivity contribution in [1.82, 2.24) is 9.88 Å². The number of likely N-dealkylation sites (tertiary alicyclic amines) is 1. The second-order valence-corrected chi connectivity index (χ2v) is 10.4. The van der Waals surface area contributed by atoms with E-state index in [2.05, 4.69) is 20.9 Å². The number of hydrogen-bond acceptors (Lipinski definition) is 6. The van der Waals surface area contributed by atoms with Crippen molar-refractivity contribution in [3.63, 3.8) is 0 Å². The predicted molar refractivity (Wildman–Crippen MR) is 118 cm³/mol. The summed E-state index contributed by atoms with van der Waals surface area (Å²) in [6, 6.07) is 3.21. The molecule has 2 fully saturated rings. The number of nitrogens with zero attached hydrogens (tertiary/aromatic N) is 2. The number of carbonyl (C=O) groups excluding carboxylic acids is 2. The topological polar surface area (TPSA) is 78.0 Å². The average molecular weight is 493 g/mol. The minimum atomic E-state index is -0.626. The Morgan fingerprint density at radius 3 is 2.71 bits per heavy atom. The number of rotatable bonds is 0. The molecule has 3 atom stereocenters. The minimum absolute atomic E-state index is 0.0218. The van der Waals surface area contributed by atoms with Gasteiger partial charge in [-0.1, -0.05) is 18.2 Å². The molecule has 0 aromatic carbocycles. The zero-order chi connectivity index (χ0) is 22.2. The van der Waals surface area contributed by atoms with Crippen LogP contribution in [0.15, 0.2) is 28.9 Å². The molecule has 1 aliphatic carbocycles. The van der Waals surface area contributed by atoms with Crippen LogP contribution in [0.5, 0.6) is 0 Å².